The number of nitrogens with one attached hydrogen (secondary N) is 2. The van der Waals surface area contributed by atoms with Crippen LogP contribution in [-0.2, 0) is 0 Å². The molecule has 25 heavy (non-hydrogen) atoms. The molecule has 0 spiro atoms. The zero-order chi connectivity index (χ0) is 17.5. The van der Waals surface area contributed by atoms with Gasteiger partial charge in [0.15, 0.2) is 0 Å². The van der Waals surface area contributed by atoms with Gasteiger partial charge in [0.25, 0.3) is 0 Å². The van der Waals surface area contributed by atoms with E-state index in [4.69, 9.17) is 9.97 Å². The lowest BCUT2D eigenvalue weighted by atomic mass is 9.96. The molecule has 1 aromatic heterocycles. The molecular formula is C20H29N5. The molecular weight excluding hydrogens is 310 g/mol. The lowest BCUT2D eigenvalue weighted by Crippen LogP contribution is -2.24. The highest BCUT2D eigenvalue weighted by molar-refractivity contribution is 5.64. The lowest BCUT2D eigenvalue weighted by molar-refractivity contribution is 0.425. The first-order valence-corrected chi connectivity index (χ1v) is 9.30. The third kappa shape index (κ3) is 5.43. The highest BCUT2D eigenvalue weighted by atomic mass is 15.2. The molecule has 1 fully saturated rings. The maximum atomic E-state index is 4.77. The number of hydrogen-bond acceptors (Lipinski definition) is 5. The minimum atomic E-state index is 0.495. The fourth-order valence-electron chi connectivity index (χ4n) is 3.20. The van der Waals surface area contributed by atoms with Crippen LogP contribution in [0.3, 0.4) is 0 Å². The topological polar surface area (TPSA) is 53.1 Å². The summed E-state index contributed by atoms with van der Waals surface area (Å²) in [6, 6.07) is 12.8. The summed E-state index contributed by atoms with van der Waals surface area (Å²) >= 11 is 0. The van der Waals surface area contributed by atoms with Gasteiger partial charge in [0, 0.05) is 30.8 Å². The summed E-state index contributed by atoms with van der Waals surface area (Å²) in [6.07, 6.45) is 6.36. The van der Waals surface area contributed by atoms with Crippen molar-refractivity contribution in [3.05, 3.63) is 36.4 Å². The van der Waals surface area contributed by atoms with Crippen LogP contribution in [0.5, 0.6) is 0 Å². The van der Waals surface area contributed by atoms with E-state index in [0.717, 1.165) is 36.1 Å². The number of anilines is 2. The van der Waals surface area contributed by atoms with E-state index in [9.17, 15) is 0 Å². The molecule has 1 heterocycles. The predicted octanol–water partition coefficient (Wildman–Crippen LogP) is 3.86. The fourth-order valence-corrected chi connectivity index (χ4v) is 3.20. The van der Waals surface area contributed by atoms with Crippen molar-refractivity contribution in [3.8, 4) is 11.3 Å². The summed E-state index contributed by atoms with van der Waals surface area (Å²) in [5.74, 6) is 1.62. The summed E-state index contributed by atoms with van der Waals surface area (Å²) < 4.78 is 0. The molecule has 0 radical (unpaired) electrons. The van der Waals surface area contributed by atoms with Crippen LogP contribution in [0.4, 0.5) is 11.8 Å². The van der Waals surface area contributed by atoms with E-state index in [-0.39, 0.29) is 0 Å². The van der Waals surface area contributed by atoms with Crippen molar-refractivity contribution in [2.24, 2.45) is 0 Å². The summed E-state index contributed by atoms with van der Waals surface area (Å²) in [7, 11) is 4.15. The van der Waals surface area contributed by atoms with E-state index in [0.29, 0.717) is 6.04 Å². The molecule has 0 unspecified atom stereocenters. The Morgan fingerprint density at radius 3 is 2.52 bits per heavy atom. The zero-order valence-corrected chi connectivity index (χ0v) is 15.3. The largest absolute Gasteiger partial charge is 0.369 e. The Hall–Kier alpha value is -2.14. The molecule has 1 aliphatic carbocycles. The third-order valence-electron chi connectivity index (χ3n) is 4.60. The normalized spacial score (nSPS) is 15.3. The number of rotatable bonds is 7. The SMILES string of the molecule is CN(C)CCNc1cc(-c2ccccc2)nc(NC2CCCCC2)n1. The Kier molecular flexibility index (Phi) is 6.23. The molecule has 2 aromatic rings. The van der Waals surface area contributed by atoms with Gasteiger partial charge in [-0.3, -0.25) is 0 Å². The molecule has 2 N–H and O–H groups in total. The summed E-state index contributed by atoms with van der Waals surface area (Å²) in [5, 5.41) is 6.99. The molecule has 0 amide bonds. The van der Waals surface area contributed by atoms with Gasteiger partial charge in [-0.05, 0) is 26.9 Å². The fraction of sp³-hybridized carbons (Fsp3) is 0.500. The maximum Gasteiger partial charge on any atom is 0.225 e. The molecule has 0 saturated heterocycles. The highest BCUT2D eigenvalue weighted by Gasteiger charge is 2.15. The van der Waals surface area contributed by atoms with Gasteiger partial charge in [-0.2, -0.15) is 4.98 Å². The van der Waals surface area contributed by atoms with Crippen molar-refractivity contribution in [3.63, 3.8) is 0 Å². The lowest BCUT2D eigenvalue weighted by Gasteiger charge is -2.23. The van der Waals surface area contributed by atoms with E-state index in [2.05, 4.69) is 41.8 Å². The van der Waals surface area contributed by atoms with Gasteiger partial charge in [0.1, 0.15) is 5.82 Å². The van der Waals surface area contributed by atoms with Crippen molar-refractivity contribution in [2.45, 2.75) is 38.1 Å². The Labute approximate surface area is 150 Å². The van der Waals surface area contributed by atoms with E-state index in [1.165, 1.54) is 32.1 Å². The van der Waals surface area contributed by atoms with Crippen LogP contribution in [0, 0.1) is 0 Å². The highest BCUT2D eigenvalue weighted by Crippen LogP contribution is 2.24. The number of likely N-dealkylation sites (N-methyl/N-ethyl adjacent to an activating group) is 1. The minimum absolute atomic E-state index is 0.495. The van der Waals surface area contributed by atoms with Crippen LogP contribution in [0.1, 0.15) is 32.1 Å². The van der Waals surface area contributed by atoms with Crippen LogP contribution in [0.2, 0.25) is 0 Å². The van der Waals surface area contributed by atoms with E-state index in [1.807, 2.05) is 24.3 Å². The van der Waals surface area contributed by atoms with E-state index in [1.54, 1.807) is 0 Å². The molecule has 134 valence electrons. The summed E-state index contributed by atoms with van der Waals surface area (Å²) in [6.45, 7) is 1.83. The molecule has 1 saturated carbocycles. The van der Waals surface area contributed by atoms with Crippen LogP contribution in [0.15, 0.2) is 36.4 Å². The number of aromatic nitrogens is 2. The minimum Gasteiger partial charge on any atom is -0.369 e. The van der Waals surface area contributed by atoms with Gasteiger partial charge in [-0.1, -0.05) is 49.6 Å². The first-order chi connectivity index (χ1) is 12.2. The van der Waals surface area contributed by atoms with Crippen LogP contribution in [0.25, 0.3) is 11.3 Å². The Bertz CT molecular complexity index is 650. The standard InChI is InChI=1S/C20H29N5/c1-25(2)14-13-21-19-15-18(16-9-5-3-6-10-16)23-20(24-19)22-17-11-7-4-8-12-17/h3,5-6,9-10,15,17H,4,7-8,11-14H2,1-2H3,(H2,21,22,23,24). The van der Waals surface area contributed by atoms with Gasteiger partial charge < -0.3 is 15.5 Å². The second-order valence-corrected chi connectivity index (χ2v) is 7.04. The second-order valence-electron chi connectivity index (χ2n) is 7.04. The van der Waals surface area contributed by atoms with Gasteiger partial charge in [-0.25, -0.2) is 4.98 Å². The number of hydrogen-bond donors (Lipinski definition) is 2. The van der Waals surface area contributed by atoms with Crippen molar-refractivity contribution >= 4 is 11.8 Å². The van der Waals surface area contributed by atoms with Crippen molar-refractivity contribution in [2.75, 3.05) is 37.8 Å². The van der Waals surface area contributed by atoms with E-state index >= 15 is 0 Å². The Balaban J connectivity index is 1.79. The maximum absolute atomic E-state index is 4.77. The van der Waals surface area contributed by atoms with Crippen molar-refractivity contribution < 1.29 is 0 Å². The molecule has 5 nitrogen and oxygen atoms in total. The molecule has 0 atom stereocenters. The Morgan fingerprint density at radius 1 is 1.04 bits per heavy atom. The number of benzene rings is 1. The molecule has 3 rings (SSSR count). The third-order valence-corrected chi connectivity index (χ3v) is 4.60. The average Bonchev–Trinajstić information content (AvgIpc) is 2.63. The van der Waals surface area contributed by atoms with E-state index < -0.39 is 0 Å². The predicted molar refractivity (Wildman–Crippen MR) is 105 cm³/mol. The summed E-state index contributed by atoms with van der Waals surface area (Å²) in [4.78, 5) is 11.6. The molecule has 1 aliphatic rings. The first kappa shape index (κ1) is 17.7. The molecule has 5 heteroatoms. The molecule has 0 bridgehead atoms. The molecule has 0 aliphatic heterocycles. The zero-order valence-electron chi connectivity index (χ0n) is 15.3. The average molecular weight is 339 g/mol. The quantitative estimate of drug-likeness (QED) is 0.802. The summed E-state index contributed by atoms with van der Waals surface area (Å²) in [5.41, 5.74) is 2.08. The van der Waals surface area contributed by atoms with Crippen LogP contribution in [-0.4, -0.2) is 48.1 Å². The first-order valence-electron chi connectivity index (χ1n) is 9.30. The molecule has 1 aromatic carbocycles. The van der Waals surface area contributed by atoms with Gasteiger partial charge in [0.2, 0.25) is 5.95 Å². The van der Waals surface area contributed by atoms with Gasteiger partial charge >= 0.3 is 0 Å². The van der Waals surface area contributed by atoms with Crippen LogP contribution >= 0.6 is 0 Å². The van der Waals surface area contributed by atoms with Crippen molar-refractivity contribution in [1.82, 2.24) is 14.9 Å². The second kappa shape index (κ2) is 8.81. The smallest absolute Gasteiger partial charge is 0.225 e. The Morgan fingerprint density at radius 2 is 1.80 bits per heavy atom. The monoisotopic (exact) mass is 339 g/mol. The number of nitrogens with zero attached hydrogens (tertiary/aromatic N) is 3. The van der Waals surface area contributed by atoms with Crippen molar-refractivity contribution in [1.29, 1.82) is 0 Å². The van der Waals surface area contributed by atoms with Gasteiger partial charge in [-0.15, -0.1) is 0 Å². The van der Waals surface area contributed by atoms with Gasteiger partial charge in [0.05, 0.1) is 5.69 Å². The van der Waals surface area contributed by atoms with Crippen LogP contribution < -0.4 is 10.6 Å².